The van der Waals surface area contributed by atoms with Crippen LogP contribution in [0, 0.1) is 0 Å². The van der Waals surface area contributed by atoms with Gasteiger partial charge in [0.15, 0.2) is 28.8 Å². The van der Waals surface area contributed by atoms with E-state index in [-0.39, 0.29) is 19.4 Å². The van der Waals surface area contributed by atoms with Crippen LogP contribution < -0.4 is 28.4 Å². The summed E-state index contributed by atoms with van der Waals surface area (Å²) in [4.78, 5) is 13.0. The fourth-order valence-corrected chi connectivity index (χ4v) is 3.85. The Balaban J connectivity index is 1.44. The maximum Gasteiger partial charge on any atom is 0.231 e. The number of carbonyl (C=O) groups excluding carboxylic acids is 1. The first-order valence-corrected chi connectivity index (χ1v) is 9.57. The molecular weight excluding hydrogens is 388 g/mol. The lowest BCUT2D eigenvalue weighted by molar-refractivity contribution is -0.111. The third-order valence-corrected chi connectivity index (χ3v) is 5.29. The molecule has 0 bridgehead atoms. The van der Waals surface area contributed by atoms with Crippen molar-refractivity contribution in [1.29, 1.82) is 0 Å². The van der Waals surface area contributed by atoms with Gasteiger partial charge in [0.1, 0.15) is 0 Å². The standard InChI is InChI=1S/C23H20O7/c1-25-17-7-13(9-19-22(17)29-11-27-19)5-15-3-4-16(21(15)24)6-14-8-18(26-2)23-20(10-14)28-12-30-23/h5-10H,3-4,11-12H2,1-2H3/b15-5+,16-6+. The average Bonchev–Trinajstić information content (AvgIpc) is 3.49. The summed E-state index contributed by atoms with van der Waals surface area (Å²) in [5, 5.41) is 0. The molecule has 2 heterocycles. The summed E-state index contributed by atoms with van der Waals surface area (Å²) in [6.45, 7) is 0.326. The average molecular weight is 408 g/mol. The summed E-state index contributed by atoms with van der Waals surface area (Å²) in [6.07, 6.45) is 5.11. The number of hydrogen-bond acceptors (Lipinski definition) is 7. The van der Waals surface area contributed by atoms with Gasteiger partial charge in [0.25, 0.3) is 0 Å². The molecule has 5 rings (SSSR count). The first-order valence-electron chi connectivity index (χ1n) is 9.57. The topological polar surface area (TPSA) is 72.5 Å². The number of allylic oxidation sites excluding steroid dienone is 2. The minimum absolute atomic E-state index is 0.0308. The molecule has 2 aliphatic heterocycles. The summed E-state index contributed by atoms with van der Waals surface area (Å²) in [5.41, 5.74) is 3.17. The van der Waals surface area contributed by atoms with Gasteiger partial charge >= 0.3 is 0 Å². The van der Waals surface area contributed by atoms with Crippen LogP contribution in [-0.4, -0.2) is 33.6 Å². The van der Waals surface area contributed by atoms with Gasteiger partial charge in [-0.3, -0.25) is 4.79 Å². The lowest BCUT2D eigenvalue weighted by Crippen LogP contribution is -1.96. The number of benzene rings is 2. The molecule has 7 heteroatoms. The van der Waals surface area contributed by atoms with E-state index in [0.29, 0.717) is 47.3 Å². The van der Waals surface area contributed by atoms with Crippen LogP contribution >= 0.6 is 0 Å². The number of Topliss-reactive ketones (excluding diaryl/α,β-unsaturated/α-hetero) is 1. The van der Waals surface area contributed by atoms with Crippen LogP contribution in [-0.2, 0) is 4.79 Å². The SMILES string of the molecule is COc1cc(/C=C2\CC/C(=C\c3cc(OC)c4c(c3)OCO4)C2=O)cc2c1OCO2. The van der Waals surface area contributed by atoms with E-state index in [1.807, 2.05) is 36.4 Å². The maximum atomic E-state index is 13.0. The van der Waals surface area contributed by atoms with Crippen molar-refractivity contribution in [2.45, 2.75) is 12.8 Å². The van der Waals surface area contributed by atoms with Crippen molar-refractivity contribution in [2.75, 3.05) is 27.8 Å². The van der Waals surface area contributed by atoms with E-state index >= 15 is 0 Å². The quantitative estimate of drug-likeness (QED) is 0.709. The molecular formula is C23H20O7. The third kappa shape index (κ3) is 3.12. The van der Waals surface area contributed by atoms with E-state index in [1.54, 1.807) is 14.2 Å². The van der Waals surface area contributed by atoms with E-state index in [9.17, 15) is 4.79 Å². The van der Waals surface area contributed by atoms with Gasteiger partial charge in [-0.1, -0.05) is 0 Å². The Bertz CT molecular complexity index is 1010. The van der Waals surface area contributed by atoms with Crippen molar-refractivity contribution >= 4 is 17.9 Å². The Morgan fingerprint density at radius 1 is 0.733 bits per heavy atom. The van der Waals surface area contributed by atoms with Crippen LogP contribution in [0.1, 0.15) is 24.0 Å². The van der Waals surface area contributed by atoms with Crippen LogP contribution in [0.4, 0.5) is 0 Å². The normalized spacial score (nSPS) is 19.1. The van der Waals surface area contributed by atoms with Gasteiger partial charge in [-0.15, -0.1) is 0 Å². The molecule has 0 aromatic heterocycles. The maximum absolute atomic E-state index is 13.0. The Labute approximate surface area is 173 Å². The zero-order valence-corrected chi connectivity index (χ0v) is 16.7. The monoisotopic (exact) mass is 408 g/mol. The van der Waals surface area contributed by atoms with Gasteiger partial charge in [0.05, 0.1) is 14.2 Å². The summed E-state index contributed by atoms with van der Waals surface area (Å²) in [5.74, 6) is 3.63. The molecule has 154 valence electrons. The van der Waals surface area contributed by atoms with Crippen molar-refractivity contribution in [2.24, 2.45) is 0 Å². The Hall–Kier alpha value is -3.61. The highest BCUT2D eigenvalue weighted by molar-refractivity contribution is 6.15. The number of hydrogen-bond donors (Lipinski definition) is 0. The van der Waals surface area contributed by atoms with Crippen LogP contribution in [0.15, 0.2) is 35.4 Å². The molecule has 0 spiro atoms. The summed E-state index contributed by atoms with van der Waals surface area (Å²) < 4.78 is 32.6. The van der Waals surface area contributed by atoms with Crippen molar-refractivity contribution in [3.63, 3.8) is 0 Å². The second-order valence-electron chi connectivity index (χ2n) is 7.08. The van der Waals surface area contributed by atoms with Gasteiger partial charge in [0.2, 0.25) is 25.1 Å². The summed E-state index contributed by atoms with van der Waals surface area (Å²) >= 11 is 0. The van der Waals surface area contributed by atoms with Gasteiger partial charge in [0, 0.05) is 11.1 Å². The summed E-state index contributed by atoms with van der Waals surface area (Å²) in [6, 6.07) is 7.40. The van der Waals surface area contributed by atoms with E-state index < -0.39 is 0 Å². The first kappa shape index (κ1) is 18.4. The van der Waals surface area contributed by atoms with E-state index in [4.69, 9.17) is 28.4 Å². The fraction of sp³-hybridized carbons (Fsp3) is 0.261. The number of ketones is 1. The van der Waals surface area contributed by atoms with Gasteiger partial charge in [-0.2, -0.15) is 0 Å². The van der Waals surface area contributed by atoms with E-state index in [1.165, 1.54) is 0 Å². The van der Waals surface area contributed by atoms with E-state index in [0.717, 1.165) is 22.3 Å². The summed E-state index contributed by atoms with van der Waals surface area (Å²) in [7, 11) is 3.16. The third-order valence-electron chi connectivity index (χ3n) is 5.29. The van der Waals surface area contributed by atoms with Crippen LogP contribution in [0.25, 0.3) is 12.2 Å². The molecule has 0 radical (unpaired) electrons. The lowest BCUT2D eigenvalue weighted by Gasteiger charge is -2.07. The van der Waals surface area contributed by atoms with Gasteiger partial charge < -0.3 is 28.4 Å². The Kier molecular flexibility index (Phi) is 4.50. The highest BCUT2D eigenvalue weighted by atomic mass is 16.7. The predicted molar refractivity (Wildman–Crippen MR) is 108 cm³/mol. The van der Waals surface area contributed by atoms with Gasteiger partial charge in [-0.25, -0.2) is 0 Å². The first-order chi connectivity index (χ1) is 14.7. The molecule has 0 N–H and O–H groups in total. The van der Waals surface area contributed by atoms with Crippen molar-refractivity contribution in [3.8, 4) is 34.5 Å². The zero-order valence-electron chi connectivity index (χ0n) is 16.7. The minimum atomic E-state index is 0.0308. The molecule has 1 saturated carbocycles. The molecule has 1 aliphatic carbocycles. The molecule has 0 saturated heterocycles. The predicted octanol–water partition coefficient (Wildman–Crippen LogP) is 3.99. The highest BCUT2D eigenvalue weighted by Gasteiger charge is 2.26. The van der Waals surface area contributed by atoms with E-state index in [2.05, 4.69) is 0 Å². The molecule has 2 aromatic carbocycles. The Morgan fingerprint density at radius 2 is 1.20 bits per heavy atom. The van der Waals surface area contributed by atoms with Crippen LogP contribution in [0.2, 0.25) is 0 Å². The number of rotatable bonds is 4. The number of fused-ring (bicyclic) bond motifs is 2. The largest absolute Gasteiger partial charge is 0.493 e. The number of carbonyl (C=O) groups is 1. The zero-order chi connectivity index (χ0) is 20.7. The fourth-order valence-electron chi connectivity index (χ4n) is 3.85. The van der Waals surface area contributed by atoms with Crippen LogP contribution in [0.3, 0.4) is 0 Å². The lowest BCUT2D eigenvalue weighted by atomic mass is 10.1. The Morgan fingerprint density at radius 3 is 1.63 bits per heavy atom. The van der Waals surface area contributed by atoms with Crippen LogP contribution in [0.5, 0.6) is 34.5 Å². The second-order valence-corrected chi connectivity index (χ2v) is 7.08. The second kappa shape index (κ2) is 7.33. The minimum Gasteiger partial charge on any atom is -0.493 e. The molecule has 30 heavy (non-hydrogen) atoms. The molecule has 1 fully saturated rings. The molecule has 2 aromatic rings. The highest BCUT2D eigenvalue weighted by Crippen LogP contribution is 2.44. The molecule has 0 atom stereocenters. The van der Waals surface area contributed by atoms with Gasteiger partial charge in [-0.05, 0) is 60.4 Å². The molecule has 0 unspecified atom stereocenters. The number of ether oxygens (including phenoxy) is 6. The van der Waals surface area contributed by atoms with Crippen molar-refractivity contribution in [1.82, 2.24) is 0 Å². The van der Waals surface area contributed by atoms with Crippen molar-refractivity contribution in [3.05, 3.63) is 46.5 Å². The smallest absolute Gasteiger partial charge is 0.231 e. The molecule has 7 nitrogen and oxygen atoms in total. The molecule has 0 amide bonds. The van der Waals surface area contributed by atoms with Crippen molar-refractivity contribution < 1.29 is 33.2 Å². The molecule has 3 aliphatic rings. The number of methoxy groups -OCH3 is 2.